The summed E-state index contributed by atoms with van der Waals surface area (Å²) in [5.41, 5.74) is 0.585. The molecule has 0 radical (unpaired) electrons. The first-order chi connectivity index (χ1) is 7.98. The summed E-state index contributed by atoms with van der Waals surface area (Å²) in [7, 11) is 0. The van der Waals surface area contributed by atoms with Crippen molar-refractivity contribution >= 4 is 22.2 Å². The molecule has 0 saturated heterocycles. The van der Waals surface area contributed by atoms with Gasteiger partial charge in [0.1, 0.15) is 0 Å². The Balaban J connectivity index is 2.39. The third kappa shape index (κ3) is 2.50. The van der Waals surface area contributed by atoms with Crippen molar-refractivity contribution in [2.45, 2.75) is 26.2 Å². The Bertz CT molecular complexity index is 573. The summed E-state index contributed by atoms with van der Waals surface area (Å²) in [6, 6.07) is 0. The van der Waals surface area contributed by atoms with Crippen LogP contribution in [0.5, 0.6) is 0 Å². The summed E-state index contributed by atoms with van der Waals surface area (Å²) in [5.74, 6) is 0. The molecule has 0 unspecified atom stereocenters. The van der Waals surface area contributed by atoms with Gasteiger partial charge in [0.15, 0.2) is 5.69 Å². The van der Waals surface area contributed by atoms with Crippen LogP contribution in [0.4, 0.5) is 10.8 Å². The van der Waals surface area contributed by atoms with Gasteiger partial charge in [0.25, 0.3) is 5.56 Å². The van der Waals surface area contributed by atoms with Crippen LogP contribution in [0.2, 0.25) is 0 Å². The number of nitrogens with zero attached hydrogens (tertiary/aromatic N) is 3. The van der Waals surface area contributed by atoms with Crippen molar-refractivity contribution in [2.24, 2.45) is 10.2 Å². The second-order valence-electron chi connectivity index (χ2n) is 4.57. The highest BCUT2D eigenvalue weighted by Gasteiger charge is 2.22. The van der Waals surface area contributed by atoms with Crippen LogP contribution in [0.1, 0.15) is 26.5 Å². The Kier molecular flexibility index (Phi) is 2.93. The lowest BCUT2D eigenvalue weighted by molar-refractivity contribution is 0.567. The van der Waals surface area contributed by atoms with Gasteiger partial charge in [-0.05, 0) is 0 Å². The minimum absolute atomic E-state index is 0.198. The van der Waals surface area contributed by atoms with Crippen molar-refractivity contribution in [3.63, 3.8) is 0 Å². The molecule has 6 nitrogen and oxygen atoms in total. The normalized spacial score (nSPS) is 12.4. The molecule has 90 valence electrons. The molecule has 0 atom stereocenters. The highest BCUT2D eigenvalue weighted by atomic mass is 32.1. The maximum atomic E-state index is 11.6. The summed E-state index contributed by atoms with van der Waals surface area (Å²) in [6.45, 7) is 5.98. The van der Waals surface area contributed by atoms with Gasteiger partial charge < -0.3 is 0 Å². The Morgan fingerprint density at radius 3 is 2.65 bits per heavy atom. The molecule has 2 rings (SSSR count). The SMILES string of the molecule is CC(C)(C)c1[nH][nH]c(=O)c1N=Nc1nccs1. The van der Waals surface area contributed by atoms with E-state index in [0.29, 0.717) is 10.8 Å². The zero-order chi connectivity index (χ0) is 12.5. The molecule has 0 fully saturated rings. The van der Waals surface area contributed by atoms with Crippen LogP contribution < -0.4 is 5.56 Å². The maximum Gasteiger partial charge on any atom is 0.292 e. The van der Waals surface area contributed by atoms with Crippen LogP contribution in [0.25, 0.3) is 0 Å². The van der Waals surface area contributed by atoms with E-state index in [1.807, 2.05) is 20.8 Å². The van der Waals surface area contributed by atoms with Crippen molar-refractivity contribution in [2.75, 3.05) is 0 Å². The van der Waals surface area contributed by atoms with Crippen molar-refractivity contribution in [3.8, 4) is 0 Å². The van der Waals surface area contributed by atoms with E-state index in [4.69, 9.17) is 0 Å². The Morgan fingerprint density at radius 1 is 1.29 bits per heavy atom. The molecular weight excluding hydrogens is 238 g/mol. The predicted octanol–water partition coefficient (Wildman–Crippen LogP) is 2.87. The van der Waals surface area contributed by atoms with Crippen molar-refractivity contribution in [1.29, 1.82) is 0 Å². The number of hydrogen-bond acceptors (Lipinski definition) is 5. The number of hydrogen-bond donors (Lipinski definition) is 2. The van der Waals surface area contributed by atoms with Crippen LogP contribution >= 0.6 is 11.3 Å². The summed E-state index contributed by atoms with van der Waals surface area (Å²) >= 11 is 1.37. The second kappa shape index (κ2) is 4.25. The van der Waals surface area contributed by atoms with Gasteiger partial charge in [-0.25, -0.2) is 4.98 Å². The quantitative estimate of drug-likeness (QED) is 0.804. The summed E-state index contributed by atoms with van der Waals surface area (Å²) in [4.78, 5) is 15.6. The highest BCUT2D eigenvalue weighted by Crippen LogP contribution is 2.28. The molecule has 2 aromatic heterocycles. The van der Waals surface area contributed by atoms with Gasteiger partial charge in [0.2, 0.25) is 5.13 Å². The van der Waals surface area contributed by atoms with Crippen LogP contribution in [0.3, 0.4) is 0 Å². The standard InChI is InChI=1S/C10H13N5OS/c1-10(2,3)7-6(8(16)14-13-7)12-15-9-11-4-5-17-9/h4-5H,1-3H3,(H2,13,14,16). The molecule has 0 spiro atoms. The van der Waals surface area contributed by atoms with Crippen LogP contribution in [-0.2, 0) is 5.41 Å². The van der Waals surface area contributed by atoms with Gasteiger partial charge >= 0.3 is 0 Å². The van der Waals surface area contributed by atoms with E-state index >= 15 is 0 Å². The van der Waals surface area contributed by atoms with E-state index in [1.54, 1.807) is 11.6 Å². The first-order valence-corrected chi connectivity index (χ1v) is 5.99. The van der Waals surface area contributed by atoms with Gasteiger partial charge in [-0.15, -0.1) is 21.6 Å². The molecule has 0 bridgehead atoms. The summed E-state index contributed by atoms with van der Waals surface area (Å²) in [6.07, 6.45) is 1.64. The lowest BCUT2D eigenvalue weighted by atomic mass is 9.91. The number of rotatable bonds is 2. The van der Waals surface area contributed by atoms with Crippen LogP contribution in [-0.4, -0.2) is 15.2 Å². The molecule has 2 heterocycles. The zero-order valence-electron chi connectivity index (χ0n) is 9.81. The Labute approximate surface area is 102 Å². The number of azo groups is 1. The van der Waals surface area contributed by atoms with E-state index in [0.717, 1.165) is 5.69 Å². The van der Waals surface area contributed by atoms with Gasteiger partial charge in [-0.3, -0.25) is 15.0 Å². The molecule has 17 heavy (non-hydrogen) atoms. The molecule has 0 aliphatic heterocycles. The fourth-order valence-corrected chi connectivity index (χ4v) is 1.80. The van der Waals surface area contributed by atoms with E-state index in [9.17, 15) is 4.79 Å². The fraction of sp³-hybridized carbons (Fsp3) is 0.400. The third-order valence-electron chi connectivity index (χ3n) is 2.16. The molecule has 0 saturated carbocycles. The minimum atomic E-state index is -0.268. The highest BCUT2D eigenvalue weighted by molar-refractivity contribution is 7.13. The Morgan fingerprint density at radius 2 is 2.06 bits per heavy atom. The molecule has 7 heteroatoms. The number of aromatic nitrogens is 3. The van der Waals surface area contributed by atoms with E-state index < -0.39 is 0 Å². The second-order valence-corrected chi connectivity index (χ2v) is 5.44. The Hall–Kier alpha value is -1.76. The lowest BCUT2D eigenvalue weighted by Crippen LogP contribution is -2.12. The van der Waals surface area contributed by atoms with Crippen molar-refractivity contribution < 1.29 is 0 Å². The number of H-pyrrole nitrogens is 2. The van der Waals surface area contributed by atoms with Crippen LogP contribution in [0, 0.1) is 0 Å². The maximum absolute atomic E-state index is 11.6. The van der Waals surface area contributed by atoms with Gasteiger partial charge in [-0.2, -0.15) is 0 Å². The molecular formula is C10H13N5OS. The van der Waals surface area contributed by atoms with Gasteiger partial charge in [0.05, 0.1) is 5.69 Å². The van der Waals surface area contributed by atoms with Crippen molar-refractivity contribution in [1.82, 2.24) is 15.2 Å². The topological polar surface area (TPSA) is 86.3 Å². The predicted molar refractivity (Wildman–Crippen MR) is 66.4 cm³/mol. The van der Waals surface area contributed by atoms with E-state index in [1.165, 1.54) is 11.3 Å². The monoisotopic (exact) mass is 251 g/mol. The molecule has 2 aromatic rings. The van der Waals surface area contributed by atoms with Gasteiger partial charge in [0, 0.05) is 17.0 Å². The average Bonchev–Trinajstić information content (AvgIpc) is 2.83. The number of nitrogens with one attached hydrogen (secondary N) is 2. The van der Waals surface area contributed by atoms with E-state index in [2.05, 4.69) is 25.4 Å². The first-order valence-electron chi connectivity index (χ1n) is 5.11. The summed E-state index contributed by atoms with van der Waals surface area (Å²) < 4.78 is 0. The van der Waals surface area contributed by atoms with Gasteiger partial charge in [-0.1, -0.05) is 20.8 Å². The lowest BCUT2D eigenvalue weighted by Gasteiger charge is -2.15. The summed E-state index contributed by atoms with van der Waals surface area (Å²) in [5, 5.41) is 15.6. The molecule has 0 aliphatic carbocycles. The van der Waals surface area contributed by atoms with Crippen molar-refractivity contribution in [3.05, 3.63) is 27.6 Å². The number of aromatic amines is 2. The number of thiazole rings is 1. The molecule has 0 amide bonds. The van der Waals surface area contributed by atoms with E-state index in [-0.39, 0.29) is 11.0 Å². The molecule has 0 aliphatic rings. The largest absolute Gasteiger partial charge is 0.299 e. The van der Waals surface area contributed by atoms with Crippen LogP contribution in [0.15, 0.2) is 26.6 Å². The first kappa shape index (κ1) is 11.7. The smallest absolute Gasteiger partial charge is 0.292 e. The fourth-order valence-electron chi connectivity index (χ4n) is 1.35. The average molecular weight is 251 g/mol. The minimum Gasteiger partial charge on any atom is -0.299 e. The molecule has 0 aromatic carbocycles. The molecule has 2 N–H and O–H groups in total. The zero-order valence-corrected chi connectivity index (χ0v) is 10.6. The third-order valence-corrected chi connectivity index (χ3v) is 2.81.